The van der Waals surface area contributed by atoms with E-state index in [-0.39, 0.29) is 0 Å². The van der Waals surface area contributed by atoms with Gasteiger partial charge in [-0.25, -0.2) is 13.0 Å². The van der Waals surface area contributed by atoms with Gasteiger partial charge in [0.25, 0.3) is 5.92 Å². The summed E-state index contributed by atoms with van der Waals surface area (Å²) in [5, 5.41) is 0. The Labute approximate surface area is 113 Å². The number of alkyl halides is 5. The third kappa shape index (κ3) is 5.11. The Hall–Kier alpha value is -0.520. The van der Waals surface area contributed by atoms with E-state index >= 15 is 0 Å². The molecule has 0 bridgehead atoms. The molecule has 5 nitrogen and oxygen atoms in total. The zero-order valence-electron chi connectivity index (χ0n) is 11.0. The second kappa shape index (κ2) is 6.50. The maximum absolute atomic E-state index is 13.4. The van der Waals surface area contributed by atoms with Gasteiger partial charge < -0.3 is 9.47 Å². The highest BCUT2D eigenvalue weighted by Crippen LogP contribution is 2.37. The van der Waals surface area contributed by atoms with Gasteiger partial charge in [0.1, 0.15) is 6.61 Å². The average molecular weight is 330 g/mol. The number of halogens is 5. The van der Waals surface area contributed by atoms with Crippen LogP contribution in [0.4, 0.5) is 22.0 Å². The monoisotopic (exact) mass is 330 g/mol. The van der Waals surface area contributed by atoms with E-state index < -0.39 is 46.8 Å². The molecule has 0 N–H and O–H groups in total. The van der Waals surface area contributed by atoms with Crippen LogP contribution in [-0.2, 0) is 23.8 Å². The molecule has 1 unspecified atom stereocenters. The van der Waals surface area contributed by atoms with E-state index in [0.29, 0.717) is 0 Å². The molecule has 1 atom stereocenters. The van der Waals surface area contributed by atoms with Crippen molar-refractivity contribution in [2.45, 2.75) is 37.0 Å². The van der Waals surface area contributed by atoms with Gasteiger partial charge in [-0.3, -0.25) is 0 Å². The zero-order chi connectivity index (χ0) is 16.2. The van der Waals surface area contributed by atoms with Crippen molar-refractivity contribution in [3.63, 3.8) is 0 Å². The first-order valence-corrected chi connectivity index (χ1v) is 6.69. The minimum Gasteiger partial charge on any atom is -0.378 e. The summed E-state index contributed by atoms with van der Waals surface area (Å²) in [6.45, 7) is 0.0335. The first-order chi connectivity index (χ1) is 8.85. The molecule has 122 valence electrons. The molecule has 0 aromatic heterocycles. The van der Waals surface area contributed by atoms with Crippen molar-refractivity contribution in [1.29, 1.82) is 0 Å². The lowest BCUT2D eigenvalue weighted by Crippen LogP contribution is -2.46. The Morgan fingerprint density at radius 2 is 1.55 bits per heavy atom. The van der Waals surface area contributed by atoms with Crippen molar-refractivity contribution in [2.24, 2.45) is 0 Å². The van der Waals surface area contributed by atoms with Crippen LogP contribution >= 0.6 is 0 Å². The predicted octanol–water partition coefficient (Wildman–Crippen LogP) is 2.28. The topological polar surface area (TPSA) is 61.8 Å². The molecule has 0 spiro atoms. The van der Waals surface area contributed by atoms with Gasteiger partial charge in [-0.05, 0) is 6.42 Å². The summed E-state index contributed by atoms with van der Waals surface area (Å²) in [4.78, 5) is 0. The fraction of sp³-hybridized carbons (Fsp3) is 1.00. The van der Waals surface area contributed by atoms with Crippen molar-refractivity contribution in [2.75, 3.05) is 20.8 Å². The molecule has 0 amide bonds. The molecular weight excluding hydrogens is 315 g/mol. The van der Waals surface area contributed by atoms with Crippen molar-refractivity contribution >= 4 is 10.1 Å². The second-order valence-electron chi connectivity index (χ2n) is 3.92. The minimum atomic E-state index is -6.07. The molecule has 0 saturated carbocycles. The lowest BCUT2D eigenvalue weighted by Gasteiger charge is -2.33. The van der Waals surface area contributed by atoms with Crippen molar-refractivity contribution in [1.82, 2.24) is 0 Å². The molecular formula is C9H15F5O5S. The zero-order valence-corrected chi connectivity index (χ0v) is 11.8. The van der Waals surface area contributed by atoms with Crippen LogP contribution in [0.5, 0.6) is 0 Å². The second-order valence-corrected chi connectivity index (χ2v) is 5.46. The largest absolute Gasteiger partial charge is 0.523 e. The Kier molecular flexibility index (Phi) is 6.33. The van der Waals surface area contributed by atoms with E-state index in [1.807, 2.05) is 0 Å². The van der Waals surface area contributed by atoms with Crippen LogP contribution in [0.15, 0.2) is 0 Å². The quantitative estimate of drug-likeness (QED) is 0.296. The number of methoxy groups -OCH3 is 2. The van der Waals surface area contributed by atoms with E-state index in [4.69, 9.17) is 0 Å². The van der Waals surface area contributed by atoms with Crippen molar-refractivity contribution in [3.8, 4) is 0 Å². The Morgan fingerprint density at radius 1 is 1.05 bits per heavy atom. The highest BCUT2D eigenvalue weighted by atomic mass is 32.2. The summed E-state index contributed by atoms with van der Waals surface area (Å²) in [5.41, 5.74) is -5.73. The molecule has 0 aromatic rings. The highest BCUT2D eigenvalue weighted by Gasteiger charge is 2.54. The van der Waals surface area contributed by atoms with E-state index in [1.165, 1.54) is 0 Å². The fourth-order valence-electron chi connectivity index (χ4n) is 1.37. The first-order valence-electron chi connectivity index (χ1n) is 5.28. The molecule has 0 aliphatic heterocycles. The average Bonchev–Trinajstić information content (AvgIpc) is 2.25. The molecule has 0 aliphatic carbocycles. The molecule has 0 aliphatic rings. The molecule has 0 rings (SSSR count). The molecule has 0 aromatic carbocycles. The van der Waals surface area contributed by atoms with E-state index in [0.717, 1.165) is 21.1 Å². The van der Waals surface area contributed by atoms with Crippen molar-refractivity contribution in [3.05, 3.63) is 0 Å². The van der Waals surface area contributed by atoms with Crippen LogP contribution in [-0.4, -0.2) is 46.5 Å². The number of hydrogen-bond acceptors (Lipinski definition) is 5. The predicted molar refractivity (Wildman–Crippen MR) is 57.5 cm³/mol. The Morgan fingerprint density at radius 3 is 1.85 bits per heavy atom. The SMILES string of the molecule is CCC(CC(F)(F)COC)(OC)OS(=O)(=O)C(F)(F)F. The number of ether oxygens (including phenoxy) is 2. The van der Waals surface area contributed by atoms with Crippen LogP contribution in [0.2, 0.25) is 0 Å². The standard InChI is InChI=1S/C9H15F5O5S/c1-4-8(18-3,5-7(10,11)6-17-2)19-20(15,16)9(12,13)14/h4-6H2,1-3H3. The van der Waals surface area contributed by atoms with Gasteiger partial charge in [0.15, 0.2) is 5.79 Å². The van der Waals surface area contributed by atoms with Crippen LogP contribution < -0.4 is 0 Å². The maximum Gasteiger partial charge on any atom is 0.523 e. The third-order valence-electron chi connectivity index (χ3n) is 2.34. The van der Waals surface area contributed by atoms with E-state index in [9.17, 15) is 30.4 Å². The van der Waals surface area contributed by atoms with Crippen LogP contribution in [0.3, 0.4) is 0 Å². The Bertz CT molecular complexity index is 401. The van der Waals surface area contributed by atoms with Gasteiger partial charge in [-0.1, -0.05) is 6.92 Å². The highest BCUT2D eigenvalue weighted by molar-refractivity contribution is 7.87. The molecule has 20 heavy (non-hydrogen) atoms. The van der Waals surface area contributed by atoms with Gasteiger partial charge >= 0.3 is 15.6 Å². The third-order valence-corrected chi connectivity index (χ3v) is 3.43. The summed E-state index contributed by atoms with van der Waals surface area (Å²) in [6, 6.07) is 0. The number of rotatable bonds is 8. The summed E-state index contributed by atoms with van der Waals surface area (Å²) in [5.74, 6) is -6.25. The van der Waals surface area contributed by atoms with Crippen LogP contribution in [0.25, 0.3) is 0 Å². The summed E-state index contributed by atoms with van der Waals surface area (Å²) < 4.78 is 97.9. The summed E-state index contributed by atoms with van der Waals surface area (Å²) in [7, 11) is -4.33. The van der Waals surface area contributed by atoms with Gasteiger partial charge in [0.2, 0.25) is 0 Å². The lowest BCUT2D eigenvalue weighted by molar-refractivity contribution is -0.221. The first kappa shape index (κ1) is 19.5. The summed E-state index contributed by atoms with van der Waals surface area (Å²) in [6.07, 6.45) is -1.95. The lowest BCUT2D eigenvalue weighted by atomic mass is 10.1. The van der Waals surface area contributed by atoms with Gasteiger partial charge in [-0.15, -0.1) is 0 Å². The van der Waals surface area contributed by atoms with Gasteiger partial charge in [0, 0.05) is 14.2 Å². The fourth-order valence-corrected chi connectivity index (χ4v) is 2.11. The molecule has 0 radical (unpaired) electrons. The van der Waals surface area contributed by atoms with Crippen LogP contribution in [0.1, 0.15) is 19.8 Å². The normalized spacial score (nSPS) is 17.0. The van der Waals surface area contributed by atoms with Gasteiger partial charge in [-0.2, -0.15) is 21.6 Å². The Balaban J connectivity index is 5.34. The van der Waals surface area contributed by atoms with Crippen LogP contribution in [0, 0.1) is 0 Å². The molecule has 11 heteroatoms. The van der Waals surface area contributed by atoms with Gasteiger partial charge in [0.05, 0.1) is 6.42 Å². The molecule has 0 saturated heterocycles. The minimum absolute atomic E-state index is 0.544. The molecule has 0 heterocycles. The smallest absolute Gasteiger partial charge is 0.378 e. The van der Waals surface area contributed by atoms with E-state index in [2.05, 4.69) is 13.7 Å². The van der Waals surface area contributed by atoms with Crippen molar-refractivity contribution < 1.29 is 44.0 Å². The van der Waals surface area contributed by atoms with E-state index in [1.54, 1.807) is 0 Å². The summed E-state index contributed by atoms with van der Waals surface area (Å²) >= 11 is 0. The maximum atomic E-state index is 13.4. The molecule has 0 fully saturated rings. The number of hydrogen-bond donors (Lipinski definition) is 0.